The minimum absolute atomic E-state index is 0.0130. The Kier molecular flexibility index (Phi) is 12.3. The summed E-state index contributed by atoms with van der Waals surface area (Å²) < 4.78 is 0. The molecular weight excluding hydrogens is 468 g/mol. The van der Waals surface area contributed by atoms with Gasteiger partial charge in [0.05, 0.1) is 6.10 Å². The number of phenols is 1. The third-order valence-corrected chi connectivity index (χ3v) is 6.40. The van der Waals surface area contributed by atoms with Gasteiger partial charge in [-0.2, -0.15) is 0 Å². The van der Waals surface area contributed by atoms with E-state index in [1.54, 1.807) is 32.9 Å². The highest BCUT2D eigenvalue weighted by Crippen LogP contribution is 2.14. The molecule has 0 saturated carbocycles. The average Bonchev–Trinajstić information content (AvgIpc) is 2.84. The van der Waals surface area contributed by atoms with Crippen molar-refractivity contribution < 1.29 is 34.5 Å². The SMILES string of the molecule is CCC(C)C(NC(=O)C(Cc1ccc(O)cc1)NC(=O)C(NC(=O)C(N)C(C)O)C(C)CC)C(=O)O. The Labute approximate surface area is 211 Å². The second-order valence-electron chi connectivity index (χ2n) is 9.28. The molecule has 7 unspecified atom stereocenters. The van der Waals surface area contributed by atoms with E-state index in [4.69, 9.17) is 5.73 Å². The van der Waals surface area contributed by atoms with Crippen molar-refractivity contribution in [3.8, 4) is 5.75 Å². The maximum atomic E-state index is 13.3. The Morgan fingerprint density at radius 1 is 0.833 bits per heavy atom. The van der Waals surface area contributed by atoms with Crippen LogP contribution < -0.4 is 21.7 Å². The molecular formula is C25H40N4O7. The van der Waals surface area contributed by atoms with Gasteiger partial charge in [0, 0.05) is 6.42 Å². The quantitative estimate of drug-likeness (QED) is 0.186. The van der Waals surface area contributed by atoms with E-state index in [1.807, 2.05) is 6.92 Å². The number of rotatable bonds is 14. The van der Waals surface area contributed by atoms with E-state index in [1.165, 1.54) is 19.1 Å². The van der Waals surface area contributed by atoms with Crippen LogP contribution in [0.15, 0.2) is 24.3 Å². The lowest BCUT2D eigenvalue weighted by molar-refractivity contribution is -0.144. The third-order valence-electron chi connectivity index (χ3n) is 6.40. The summed E-state index contributed by atoms with van der Waals surface area (Å²) in [6, 6.07) is 1.43. The highest BCUT2D eigenvalue weighted by atomic mass is 16.4. The van der Waals surface area contributed by atoms with Crippen molar-refractivity contribution in [2.45, 2.75) is 84.2 Å². The summed E-state index contributed by atoms with van der Waals surface area (Å²) in [7, 11) is 0. The van der Waals surface area contributed by atoms with Crippen LogP contribution in [0.5, 0.6) is 5.75 Å². The van der Waals surface area contributed by atoms with Crippen molar-refractivity contribution >= 4 is 23.7 Å². The highest BCUT2D eigenvalue weighted by molar-refractivity contribution is 5.94. The standard InChI is InChI=1S/C25H40N4O7/c1-6-13(3)20(28-23(33)19(26)15(5)30)24(34)27-18(12-16-8-10-17(31)11-9-16)22(32)29-21(25(35)36)14(4)7-2/h8-11,13-15,18-21,30-31H,6-7,12,26H2,1-5H3,(H,27,34)(H,28,33)(H,29,32)(H,35,36). The molecule has 1 aromatic rings. The van der Waals surface area contributed by atoms with Crippen LogP contribution in [0.25, 0.3) is 0 Å². The van der Waals surface area contributed by atoms with Crippen LogP contribution in [-0.2, 0) is 25.6 Å². The van der Waals surface area contributed by atoms with E-state index in [-0.39, 0.29) is 24.0 Å². The van der Waals surface area contributed by atoms with Gasteiger partial charge in [-0.25, -0.2) is 4.79 Å². The molecule has 0 saturated heterocycles. The molecule has 0 aliphatic rings. The van der Waals surface area contributed by atoms with E-state index in [0.29, 0.717) is 18.4 Å². The predicted octanol–water partition coefficient (Wildman–Crippen LogP) is 0.274. The van der Waals surface area contributed by atoms with Crippen molar-refractivity contribution in [2.75, 3.05) is 0 Å². The number of nitrogens with two attached hydrogens (primary N) is 1. The van der Waals surface area contributed by atoms with Gasteiger partial charge in [0.25, 0.3) is 0 Å². The van der Waals surface area contributed by atoms with Crippen molar-refractivity contribution in [1.29, 1.82) is 0 Å². The van der Waals surface area contributed by atoms with E-state index < -0.39 is 54.0 Å². The number of aliphatic hydroxyl groups excluding tert-OH is 1. The monoisotopic (exact) mass is 508 g/mol. The van der Waals surface area contributed by atoms with E-state index in [9.17, 15) is 34.5 Å². The van der Waals surface area contributed by atoms with Crippen LogP contribution in [0, 0.1) is 11.8 Å². The lowest BCUT2D eigenvalue weighted by Gasteiger charge is -2.29. The van der Waals surface area contributed by atoms with Gasteiger partial charge in [-0.3, -0.25) is 14.4 Å². The zero-order valence-corrected chi connectivity index (χ0v) is 21.5. The second kappa shape index (κ2) is 14.4. The Morgan fingerprint density at radius 3 is 1.81 bits per heavy atom. The number of hydrogen-bond acceptors (Lipinski definition) is 7. The molecule has 0 bridgehead atoms. The van der Waals surface area contributed by atoms with Gasteiger partial charge in [-0.15, -0.1) is 0 Å². The smallest absolute Gasteiger partial charge is 0.326 e. The topological polar surface area (TPSA) is 191 Å². The first-order chi connectivity index (χ1) is 16.8. The van der Waals surface area contributed by atoms with Crippen LogP contribution in [-0.4, -0.2) is 69.3 Å². The minimum atomic E-state index is -1.24. The molecule has 0 aliphatic carbocycles. The number of carboxylic acid groups (broad SMARTS) is 1. The summed E-state index contributed by atoms with van der Waals surface area (Å²) >= 11 is 0. The molecule has 11 nitrogen and oxygen atoms in total. The Bertz CT molecular complexity index is 891. The predicted molar refractivity (Wildman–Crippen MR) is 134 cm³/mol. The number of hydrogen-bond donors (Lipinski definition) is 7. The molecule has 0 aliphatic heterocycles. The van der Waals surface area contributed by atoms with Crippen molar-refractivity contribution in [2.24, 2.45) is 17.6 Å². The Morgan fingerprint density at radius 2 is 1.33 bits per heavy atom. The summed E-state index contributed by atoms with van der Waals surface area (Å²) in [5.41, 5.74) is 6.32. The fraction of sp³-hybridized carbons (Fsp3) is 0.600. The Hall–Kier alpha value is -3.18. The van der Waals surface area contributed by atoms with Gasteiger partial charge < -0.3 is 37.0 Å². The van der Waals surface area contributed by atoms with Crippen molar-refractivity contribution in [3.05, 3.63) is 29.8 Å². The normalized spacial score (nSPS) is 17.0. The molecule has 0 spiro atoms. The van der Waals surface area contributed by atoms with Gasteiger partial charge in [0.15, 0.2) is 0 Å². The fourth-order valence-corrected chi connectivity index (χ4v) is 3.45. The lowest BCUT2D eigenvalue weighted by Crippen LogP contribution is -2.60. The van der Waals surface area contributed by atoms with Gasteiger partial charge in [0.1, 0.15) is 29.9 Å². The molecule has 11 heteroatoms. The summed E-state index contributed by atoms with van der Waals surface area (Å²) in [5.74, 6) is -3.91. The zero-order valence-electron chi connectivity index (χ0n) is 21.5. The first-order valence-electron chi connectivity index (χ1n) is 12.2. The molecule has 8 N–H and O–H groups in total. The van der Waals surface area contributed by atoms with Gasteiger partial charge in [0.2, 0.25) is 17.7 Å². The van der Waals surface area contributed by atoms with Gasteiger partial charge >= 0.3 is 5.97 Å². The zero-order chi connectivity index (χ0) is 27.6. The van der Waals surface area contributed by atoms with E-state index >= 15 is 0 Å². The number of aromatic hydroxyl groups is 1. The number of carbonyl (C=O) groups excluding carboxylic acids is 3. The number of aliphatic hydroxyl groups is 1. The fourth-order valence-electron chi connectivity index (χ4n) is 3.45. The summed E-state index contributed by atoms with van der Waals surface area (Å²) in [6.45, 7) is 8.44. The molecule has 202 valence electrons. The average molecular weight is 509 g/mol. The van der Waals surface area contributed by atoms with Gasteiger partial charge in [-0.1, -0.05) is 52.7 Å². The molecule has 0 fully saturated rings. The molecule has 1 aromatic carbocycles. The summed E-state index contributed by atoms with van der Waals surface area (Å²) in [6.07, 6.45) is -0.0874. The largest absolute Gasteiger partial charge is 0.508 e. The molecule has 0 heterocycles. The third kappa shape index (κ3) is 9.12. The van der Waals surface area contributed by atoms with Crippen LogP contribution in [0.3, 0.4) is 0 Å². The summed E-state index contributed by atoms with van der Waals surface area (Å²) in [4.78, 5) is 50.7. The first-order valence-corrected chi connectivity index (χ1v) is 12.2. The van der Waals surface area contributed by atoms with Crippen LogP contribution >= 0.6 is 0 Å². The molecule has 1 rings (SSSR count). The maximum absolute atomic E-state index is 13.3. The Balaban J connectivity index is 3.22. The van der Waals surface area contributed by atoms with Crippen LogP contribution in [0.1, 0.15) is 53.0 Å². The number of amides is 3. The van der Waals surface area contributed by atoms with Crippen LogP contribution in [0.2, 0.25) is 0 Å². The van der Waals surface area contributed by atoms with Crippen molar-refractivity contribution in [1.82, 2.24) is 16.0 Å². The molecule has 0 aromatic heterocycles. The van der Waals surface area contributed by atoms with Crippen molar-refractivity contribution in [3.63, 3.8) is 0 Å². The van der Waals surface area contributed by atoms with E-state index in [0.717, 1.165) is 0 Å². The molecule has 36 heavy (non-hydrogen) atoms. The minimum Gasteiger partial charge on any atom is -0.508 e. The molecule has 0 radical (unpaired) electrons. The number of aliphatic carboxylic acids is 1. The molecule has 3 amide bonds. The lowest BCUT2D eigenvalue weighted by atomic mass is 9.96. The second-order valence-corrected chi connectivity index (χ2v) is 9.28. The highest BCUT2D eigenvalue weighted by Gasteiger charge is 2.34. The first kappa shape index (κ1) is 30.9. The van der Waals surface area contributed by atoms with Gasteiger partial charge in [-0.05, 0) is 36.5 Å². The number of carbonyl (C=O) groups is 4. The molecule has 7 atom stereocenters. The number of nitrogens with one attached hydrogen (secondary N) is 3. The number of phenolic OH excluding ortho intramolecular Hbond substituents is 1. The van der Waals surface area contributed by atoms with E-state index in [2.05, 4.69) is 16.0 Å². The number of carboxylic acids is 1. The summed E-state index contributed by atoms with van der Waals surface area (Å²) in [5, 5.41) is 36.5. The number of benzene rings is 1. The van der Waals surface area contributed by atoms with Crippen LogP contribution in [0.4, 0.5) is 0 Å². The maximum Gasteiger partial charge on any atom is 0.326 e.